The molecule has 0 saturated heterocycles. The van der Waals surface area contributed by atoms with E-state index in [1.807, 2.05) is 6.92 Å². The van der Waals surface area contributed by atoms with Gasteiger partial charge in [-0.25, -0.2) is 4.79 Å². The molecule has 0 radical (unpaired) electrons. The molecule has 116 valence electrons. The zero-order valence-electron chi connectivity index (χ0n) is 12.8. The first kappa shape index (κ1) is 17.0. The lowest BCUT2D eigenvalue weighted by Crippen LogP contribution is -2.56. The molecule has 20 heavy (non-hydrogen) atoms. The van der Waals surface area contributed by atoms with Crippen molar-refractivity contribution in [1.82, 2.24) is 5.32 Å². The third-order valence-corrected chi connectivity index (χ3v) is 4.31. The molecule has 5 nitrogen and oxygen atoms in total. The summed E-state index contributed by atoms with van der Waals surface area (Å²) in [5.41, 5.74) is -1.06. The van der Waals surface area contributed by atoms with E-state index >= 15 is 0 Å². The lowest BCUT2D eigenvalue weighted by atomic mass is 9.75. The third-order valence-electron chi connectivity index (χ3n) is 4.31. The topological polar surface area (TPSA) is 75.6 Å². The van der Waals surface area contributed by atoms with Crippen LogP contribution in [0.15, 0.2) is 0 Å². The molecule has 5 heteroatoms. The van der Waals surface area contributed by atoms with Crippen LogP contribution >= 0.6 is 0 Å². The minimum Gasteiger partial charge on any atom is -0.480 e. The number of hydrogen-bond donors (Lipinski definition) is 2. The second kappa shape index (κ2) is 7.62. The quantitative estimate of drug-likeness (QED) is 0.752. The van der Waals surface area contributed by atoms with Crippen LogP contribution in [0.4, 0.5) is 0 Å². The number of methoxy groups -OCH3 is 1. The molecule has 0 aromatic rings. The maximum Gasteiger partial charge on any atom is 0.329 e. The maximum atomic E-state index is 12.0. The van der Waals surface area contributed by atoms with Crippen LogP contribution in [0.2, 0.25) is 0 Å². The Kier molecular flexibility index (Phi) is 6.46. The number of carboxylic acid groups (broad SMARTS) is 1. The van der Waals surface area contributed by atoms with Crippen LogP contribution in [0.3, 0.4) is 0 Å². The fraction of sp³-hybridized carbons (Fsp3) is 0.867. The summed E-state index contributed by atoms with van der Waals surface area (Å²) < 4.78 is 5.00. The third kappa shape index (κ3) is 4.47. The fourth-order valence-corrected chi connectivity index (χ4v) is 2.95. The Bertz CT molecular complexity index is 335. The Morgan fingerprint density at radius 3 is 2.45 bits per heavy atom. The van der Waals surface area contributed by atoms with Crippen molar-refractivity contribution >= 4 is 11.9 Å². The first-order valence-electron chi connectivity index (χ1n) is 7.47. The lowest BCUT2D eigenvalue weighted by Gasteiger charge is -2.37. The Morgan fingerprint density at radius 2 is 2.00 bits per heavy atom. The number of carbonyl (C=O) groups excluding carboxylic acids is 1. The molecular weight excluding hydrogens is 258 g/mol. The summed E-state index contributed by atoms with van der Waals surface area (Å²) in [7, 11) is 1.60. The van der Waals surface area contributed by atoms with Crippen molar-refractivity contribution in [2.75, 3.05) is 13.7 Å². The highest BCUT2D eigenvalue weighted by Gasteiger charge is 2.42. The summed E-state index contributed by atoms with van der Waals surface area (Å²) >= 11 is 0. The van der Waals surface area contributed by atoms with E-state index in [-0.39, 0.29) is 11.8 Å². The zero-order chi connectivity index (χ0) is 15.2. The van der Waals surface area contributed by atoms with Gasteiger partial charge in [0, 0.05) is 20.1 Å². The van der Waals surface area contributed by atoms with Crippen molar-refractivity contribution in [1.29, 1.82) is 0 Å². The van der Waals surface area contributed by atoms with Crippen molar-refractivity contribution in [3.05, 3.63) is 0 Å². The normalized spacial score (nSPS) is 27.9. The number of hydrogen-bond acceptors (Lipinski definition) is 3. The molecular formula is C15H27NO4. The Balaban J connectivity index is 2.59. The molecule has 2 N–H and O–H groups in total. The van der Waals surface area contributed by atoms with Gasteiger partial charge in [0.05, 0.1) is 0 Å². The molecule has 0 aromatic carbocycles. The van der Waals surface area contributed by atoms with Gasteiger partial charge in [-0.3, -0.25) is 4.79 Å². The molecule has 0 bridgehead atoms. The van der Waals surface area contributed by atoms with Gasteiger partial charge in [-0.1, -0.05) is 20.3 Å². The van der Waals surface area contributed by atoms with Gasteiger partial charge in [0.1, 0.15) is 5.54 Å². The van der Waals surface area contributed by atoms with Crippen LogP contribution in [0.25, 0.3) is 0 Å². The van der Waals surface area contributed by atoms with Crippen LogP contribution in [0.1, 0.15) is 52.4 Å². The molecule has 1 fully saturated rings. The summed E-state index contributed by atoms with van der Waals surface area (Å²) in [6, 6.07) is 0. The van der Waals surface area contributed by atoms with Crippen LogP contribution < -0.4 is 5.32 Å². The number of aliphatic carboxylic acids is 1. The predicted molar refractivity (Wildman–Crippen MR) is 76.4 cm³/mol. The van der Waals surface area contributed by atoms with Gasteiger partial charge in [0.2, 0.25) is 5.91 Å². The molecule has 1 aliphatic rings. The van der Waals surface area contributed by atoms with E-state index in [0.717, 1.165) is 19.3 Å². The van der Waals surface area contributed by atoms with Crippen LogP contribution in [0, 0.1) is 11.8 Å². The zero-order valence-corrected chi connectivity index (χ0v) is 12.8. The van der Waals surface area contributed by atoms with Gasteiger partial charge in [0.15, 0.2) is 0 Å². The number of carbonyl (C=O) groups is 2. The Hall–Kier alpha value is -1.10. The van der Waals surface area contributed by atoms with E-state index < -0.39 is 11.5 Å². The van der Waals surface area contributed by atoms with Crippen molar-refractivity contribution in [2.24, 2.45) is 11.8 Å². The monoisotopic (exact) mass is 285 g/mol. The van der Waals surface area contributed by atoms with Crippen molar-refractivity contribution in [2.45, 2.75) is 57.9 Å². The highest BCUT2D eigenvalue weighted by atomic mass is 16.5. The van der Waals surface area contributed by atoms with Gasteiger partial charge >= 0.3 is 5.97 Å². The van der Waals surface area contributed by atoms with Gasteiger partial charge in [-0.15, -0.1) is 0 Å². The van der Waals surface area contributed by atoms with E-state index in [0.29, 0.717) is 31.8 Å². The summed E-state index contributed by atoms with van der Waals surface area (Å²) in [5, 5.41) is 12.3. The minimum absolute atomic E-state index is 0.0952. The van der Waals surface area contributed by atoms with Crippen molar-refractivity contribution in [3.63, 3.8) is 0 Å². The van der Waals surface area contributed by atoms with Gasteiger partial charge in [-0.05, 0) is 37.5 Å². The SMILES string of the molecule is CCC1CCC(NC(=O)CC(C)COC)(C(=O)O)CC1. The van der Waals surface area contributed by atoms with Crippen molar-refractivity contribution in [3.8, 4) is 0 Å². The summed E-state index contributed by atoms with van der Waals surface area (Å²) in [5.74, 6) is -0.406. The number of amides is 1. The lowest BCUT2D eigenvalue weighted by molar-refractivity contribution is -0.150. The van der Waals surface area contributed by atoms with E-state index in [9.17, 15) is 14.7 Å². The van der Waals surface area contributed by atoms with E-state index in [1.54, 1.807) is 7.11 Å². The molecule has 1 atom stereocenters. The van der Waals surface area contributed by atoms with E-state index in [1.165, 1.54) is 0 Å². The fourth-order valence-electron chi connectivity index (χ4n) is 2.95. The molecule has 1 unspecified atom stereocenters. The van der Waals surface area contributed by atoms with Gasteiger partial charge in [-0.2, -0.15) is 0 Å². The average molecular weight is 285 g/mol. The molecule has 0 aromatic heterocycles. The molecule has 1 aliphatic carbocycles. The number of nitrogens with one attached hydrogen (secondary N) is 1. The van der Waals surface area contributed by atoms with E-state index in [2.05, 4.69) is 12.2 Å². The second-order valence-corrected chi connectivity index (χ2v) is 6.05. The average Bonchev–Trinajstić information content (AvgIpc) is 2.39. The molecule has 0 heterocycles. The number of carboxylic acids is 1. The van der Waals surface area contributed by atoms with Gasteiger partial charge < -0.3 is 15.2 Å². The van der Waals surface area contributed by atoms with Crippen LogP contribution in [-0.4, -0.2) is 36.2 Å². The summed E-state index contributed by atoms with van der Waals surface area (Å²) in [6.07, 6.45) is 4.19. The molecule has 1 saturated carbocycles. The largest absolute Gasteiger partial charge is 0.480 e. The summed E-state index contributed by atoms with van der Waals surface area (Å²) in [4.78, 5) is 23.6. The standard InChI is InChI=1S/C15H27NO4/c1-4-12-5-7-15(8-6-12,14(18)19)16-13(17)9-11(2)10-20-3/h11-12H,4-10H2,1-3H3,(H,16,17)(H,18,19). The first-order valence-corrected chi connectivity index (χ1v) is 7.47. The van der Waals surface area contributed by atoms with Gasteiger partial charge in [0.25, 0.3) is 0 Å². The molecule has 1 amide bonds. The van der Waals surface area contributed by atoms with Crippen LogP contribution in [0.5, 0.6) is 0 Å². The smallest absolute Gasteiger partial charge is 0.329 e. The number of rotatable bonds is 7. The number of ether oxygens (including phenoxy) is 1. The Morgan fingerprint density at radius 1 is 1.40 bits per heavy atom. The highest BCUT2D eigenvalue weighted by molar-refractivity contribution is 5.87. The Labute approximate surface area is 121 Å². The minimum atomic E-state index is -1.06. The maximum absolute atomic E-state index is 12.0. The first-order chi connectivity index (χ1) is 9.43. The van der Waals surface area contributed by atoms with Crippen LogP contribution in [-0.2, 0) is 14.3 Å². The molecule has 1 rings (SSSR count). The summed E-state index contributed by atoms with van der Waals surface area (Å²) in [6.45, 7) is 4.55. The molecule has 0 spiro atoms. The molecule has 0 aliphatic heterocycles. The predicted octanol–water partition coefficient (Wildman–Crippen LogP) is 2.20. The highest BCUT2D eigenvalue weighted by Crippen LogP contribution is 2.34. The van der Waals surface area contributed by atoms with Crippen molar-refractivity contribution < 1.29 is 19.4 Å². The van der Waals surface area contributed by atoms with E-state index in [4.69, 9.17) is 4.74 Å². The second-order valence-electron chi connectivity index (χ2n) is 6.05.